The summed E-state index contributed by atoms with van der Waals surface area (Å²) >= 11 is 17.3. The largest absolute Gasteiger partial charge is 0.508 e. The van der Waals surface area contributed by atoms with Crippen molar-refractivity contribution >= 4 is 68.7 Å². The third-order valence-electron chi connectivity index (χ3n) is 7.90. The quantitative estimate of drug-likeness (QED) is 0.230. The highest BCUT2D eigenvalue weighted by Crippen LogP contribution is 2.66. The number of aliphatic carboxylic acids is 1. The van der Waals surface area contributed by atoms with Crippen LogP contribution in [-0.2, 0) is 24.0 Å². The summed E-state index contributed by atoms with van der Waals surface area (Å²) in [5.74, 6) is -7.14. The molecule has 2 aliphatic carbocycles. The van der Waals surface area contributed by atoms with Crippen molar-refractivity contribution in [1.29, 1.82) is 0 Å². The van der Waals surface area contributed by atoms with Crippen molar-refractivity contribution < 1.29 is 34.2 Å². The van der Waals surface area contributed by atoms with Crippen LogP contribution in [0.2, 0.25) is 0 Å². The van der Waals surface area contributed by atoms with Crippen molar-refractivity contribution in [3.05, 3.63) is 41.5 Å². The van der Waals surface area contributed by atoms with Crippen LogP contribution in [0.4, 0.5) is 0 Å². The fraction of sp³-hybridized carbons (Fsp3) is 0.458. The van der Waals surface area contributed by atoms with E-state index in [-0.39, 0.29) is 42.6 Å². The first-order valence-electron chi connectivity index (χ1n) is 11.3. The number of phenols is 1. The minimum absolute atomic E-state index is 0.142. The number of nitrogens with zero attached hydrogens (tertiary/aromatic N) is 2. The maximum Gasteiger partial charge on any atom is 0.305 e. The van der Waals surface area contributed by atoms with Crippen LogP contribution in [0, 0.1) is 17.8 Å². The van der Waals surface area contributed by atoms with Crippen molar-refractivity contribution in [3.8, 4) is 5.75 Å². The molecule has 0 radical (unpaired) electrons. The molecule has 2 aliphatic heterocycles. The van der Waals surface area contributed by atoms with Crippen molar-refractivity contribution in [2.24, 2.45) is 17.8 Å². The van der Waals surface area contributed by atoms with Crippen LogP contribution in [0.25, 0.3) is 0 Å². The van der Waals surface area contributed by atoms with Gasteiger partial charge in [0.25, 0.3) is 11.8 Å². The number of imide groups is 2. The van der Waals surface area contributed by atoms with Crippen LogP contribution < -0.4 is 0 Å². The standard InChI is InChI=1S/C24H21BrCl2N2O7/c25-10-29-21(35)23(26)9-14-11(18(24(23,27)22(29)36)12-3-1-2-4-15(12)30)5-6-13-17(14)20(34)28(19(13)33)8-7-16(31)32/h1-5,13-14,17-18,30H,6-10H2,(H,31,32). The smallest absolute Gasteiger partial charge is 0.305 e. The normalized spacial score (nSPS) is 35.5. The third kappa shape index (κ3) is 3.16. The van der Waals surface area contributed by atoms with Gasteiger partial charge < -0.3 is 10.2 Å². The molecular weight excluding hydrogens is 579 g/mol. The highest BCUT2D eigenvalue weighted by Gasteiger charge is 2.76. The molecular formula is C24H21BrCl2N2O7. The molecule has 2 N–H and O–H groups in total. The highest BCUT2D eigenvalue weighted by molar-refractivity contribution is 9.09. The maximum absolute atomic E-state index is 13.6. The van der Waals surface area contributed by atoms with Gasteiger partial charge >= 0.3 is 5.97 Å². The second kappa shape index (κ2) is 8.56. The van der Waals surface area contributed by atoms with Crippen molar-refractivity contribution in [1.82, 2.24) is 9.80 Å². The number of carboxylic acids is 1. The van der Waals surface area contributed by atoms with Gasteiger partial charge in [0.2, 0.25) is 11.8 Å². The third-order valence-corrected chi connectivity index (χ3v) is 9.82. The van der Waals surface area contributed by atoms with Crippen LogP contribution in [0.3, 0.4) is 0 Å². The van der Waals surface area contributed by atoms with E-state index in [1.54, 1.807) is 24.3 Å². The number of para-hydroxylation sites is 1. The lowest BCUT2D eigenvalue weighted by Gasteiger charge is -2.50. The summed E-state index contributed by atoms with van der Waals surface area (Å²) in [6, 6.07) is 6.28. The summed E-state index contributed by atoms with van der Waals surface area (Å²) in [4.78, 5) is 62.6. The van der Waals surface area contributed by atoms with E-state index in [0.717, 1.165) is 9.80 Å². The minimum Gasteiger partial charge on any atom is -0.508 e. The Morgan fingerprint density at radius 2 is 1.75 bits per heavy atom. The minimum atomic E-state index is -1.98. The van der Waals surface area contributed by atoms with E-state index < -0.39 is 63.0 Å². The number of allylic oxidation sites excluding steroid dienone is 2. The summed E-state index contributed by atoms with van der Waals surface area (Å²) < 4.78 is 0. The van der Waals surface area contributed by atoms with Crippen LogP contribution in [0.1, 0.15) is 30.7 Å². The van der Waals surface area contributed by atoms with Crippen LogP contribution in [0.5, 0.6) is 5.75 Å². The number of aromatic hydroxyl groups is 1. The van der Waals surface area contributed by atoms with Gasteiger partial charge in [0.15, 0.2) is 9.75 Å². The van der Waals surface area contributed by atoms with Crippen LogP contribution in [-0.4, -0.2) is 71.4 Å². The second-order valence-corrected chi connectivity index (χ2v) is 11.3. The average Bonchev–Trinajstić information content (AvgIpc) is 3.16. The Morgan fingerprint density at radius 3 is 2.39 bits per heavy atom. The number of likely N-dealkylation sites (tertiary alicyclic amines) is 2. The molecule has 4 aliphatic rings. The molecule has 190 valence electrons. The average molecular weight is 600 g/mol. The Labute approximate surface area is 224 Å². The molecule has 12 heteroatoms. The Hall–Kier alpha value is -2.43. The van der Waals surface area contributed by atoms with Crippen LogP contribution >= 0.6 is 39.1 Å². The first-order chi connectivity index (χ1) is 17.0. The number of halogens is 3. The Morgan fingerprint density at radius 1 is 1.06 bits per heavy atom. The van der Waals surface area contributed by atoms with E-state index in [9.17, 15) is 29.1 Å². The molecule has 1 saturated carbocycles. The number of carbonyl (C=O) groups excluding carboxylic acids is 4. The van der Waals surface area contributed by atoms with Crippen LogP contribution in [0.15, 0.2) is 35.9 Å². The summed E-state index contributed by atoms with van der Waals surface area (Å²) in [7, 11) is 0. The molecule has 0 spiro atoms. The number of carbonyl (C=O) groups is 5. The van der Waals surface area contributed by atoms with Crippen molar-refractivity contribution in [2.45, 2.75) is 34.9 Å². The van der Waals surface area contributed by atoms with Gasteiger partial charge in [-0.15, -0.1) is 23.2 Å². The predicted octanol–water partition coefficient (Wildman–Crippen LogP) is 2.58. The van der Waals surface area contributed by atoms with Gasteiger partial charge in [-0.3, -0.25) is 33.8 Å². The Balaban J connectivity index is 1.67. The number of phenolic OH excluding ortho intramolecular Hbond substituents is 1. The lowest BCUT2D eigenvalue weighted by Crippen LogP contribution is -2.60. The highest BCUT2D eigenvalue weighted by atomic mass is 79.9. The molecule has 36 heavy (non-hydrogen) atoms. The van der Waals surface area contributed by atoms with Gasteiger partial charge in [0.05, 0.1) is 23.7 Å². The van der Waals surface area contributed by atoms with Gasteiger partial charge in [0.1, 0.15) is 5.75 Å². The van der Waals surface area contributed by atoms with Crippen molar-refractivity contribution in [2.75, 3.05) is 12.0 Å². The van der Waals surface area contributed by atoms with E-state index in [0.29, 0.717) is 5.57 Å². The maximum atomic E-state index is 13.6. The van der Waals surface area contributed by atoms with Gasteiger partial charge in [-0.2, -0.15) is 0 Å². The lowest BCUT2D eigenvalue weighted by atomic mass is 9.56. The molecule has 4 amide bonds. The molecule has 9 nitrogen and oxygen atoms in total. The summed E-state index contributed by atoms with van der Waals surface area (Å²) in [5.41, 5.74) is 0.698. The van der Waals surface area contributed by atoms with E-state index in [2.05, 4.69) is 15.9 Å². The summed E-state index contributed by atoms with van der Waals surface area (Å²) in [5, 5.41) is 19.8. The molecule has 6 atom stereocenters. The number of fused-ring (bicyclic) bond motifs is 4. The first-order valence-corrected chi connectivity index (χ1v) is 13.2. The number of hydrogen-bond acceptors (Lipinski definition) is 6. The first kappa shape index (κ1) is 25.2. The number of benzene rings is 1. The number of hydrogen-bond donors (Lipinski definition) is 2. The van der Waals surface area contributed by atoms with E-state index >= 15 is 0 Å². The monoisotopic (exact) mass is 598 g/mol. The molecule has 1 aromatic carbocycles. The zero-order valence-corrected chi connectivity index (χ0v) is 21.8. The molecule has 0 aromatic heterocycles. The zero-order chi connectivity index (χ0) is 26.2. The number of carboxylic acid groups (broad SMARTS) is 1. The molecule has 2 saturated heterocycles. The molecule has 0 bridgehead atoms. The summed E-state index contributed by atoms with van der Waals surface area (Å²) in [6.45, 7) is -0.259. The Kier molecular flexibility index (Phi) is 6.00. The zero-order valence-electron chi connectivity index (χ0n) is 18.7. The van der Waals surface area contributed by atoms with E-state index in [1.165, 1.54) is 6.07 Å². The Bertz CT molecular complexity index is 1250. The van der Waals surface area contributed by atoms with E-state index in [1.807, 2.05) is 0 Å². The van der Waals surface area contributed by atoms with E-state index in [4.69, 9.17) is 28.3 Å². The molecule has 3 fully saturated rings. The second-order valence-electron chi connectivity index (χ2n) is 9.52. The molecule has 5 rings (SSSR count). The van der Waals surface area contributed by atoms with Gasteiger partial charge in [-0.05, 0) is 24.8 Å². The fourth-order valence-electron chi connectivity index (χ4n) is 6.32. The number of rotatable bonds is 5. The van der Waals surface area contributed by atoms with Gasteiger partial charge in [-0.25, -0.2) is 0 Å². The van der Waals surface area contributed by atoms with Gasteiger partial charge in [-0.1, -0.05) is 45.8 Å². The number of amides is 4. The van der Waals surface area contributed by atoms with Gasteiger partial charge in [0, 0.05) is 18.0 Å². The number of alkyl halides is 3. The topological polar surface area (TPSA) is 132 Å². The molecule has 6 unspecified atom stereocenters. The molecule has 1 aromatic rings. The summed E-state index contributed by atoms with van der Waals surface area (Å²) in [6.07, 6.45) is 1.36. The molecule has 2 heterocycles. The van der Waals surface area contributed by atoms with Crippen molar-refractivity contribution in [3.63, 3.8) is 0 Å². The predicted molar refractivity (Wildman–Crippen MR) is 130 cm³/mol. The SMILES string of the molecule is O=C(O)CCN1C(=O)C2CC=C3C(CC4(Cl)C(=O)N(CBr)C(=O)C4(Cl)C3c3ccccc3O)C2C1=O. The lowest BCUT2D eigenvalue weighted by molar-refractivity contribution is -0.143. The fourth-order valence-corrected chi connectivity index (χ4v) is 7.74.